The number of ether oxygens (including phenoxy) is 1. The Hall–Kier alpha value is -1.14. The number of pyridine rings is 1. The second-order valence-electron chi connectivity index (χ2n) is 7.81. The molecule has 140 valence electrons. The summed E-state index contributed by atoms with van der Waals surface area (Å²) in [7, 11) is 0. The summed E-state index contributed by atoms with van der Waals surface area (Å²) in [6.07, 6.45) is 2.23. The van der Waals surface area contributed by atoms with Crippen molar-refractivity contribution in [2.45, 2.75) is 66.6 Å². The van der Waals surface area contributed by atoms with Crippen molar-refractivity contribution in [1.82, 2.24) is 4.98 Å². The van der Waals surface area contributed by atoms with E-state index in [2.05, 4.69) is 39.7 Å². The fourth-order valence-electron chi connectivity index (χ4n) is 3.19. The van der Waals surface area contributed by atoms with E-state index in [9.17, 15) is 9.90 Å². The van der Waals surface area contributed by atoms with Crippen LogP contribution in [0.4, 0.5) is 5.69 Å². The highest BCUT2D eigenvalue weighted by atomic mass is 79.9. The van der Waals surface area contributed by atoms with E-state index in [-0.39, 0.29) is 25.1 Å². The molecule has 6 heteroatoms. The molecule has 1 aromatic rings. The van der Waals surface area contributed by atoms with Crippen LogP contribution < -0.4 is 4.90 Å². The lowest BCUT2D eigenvalue weighted by atomic mass is 9.82. The Kier molecular flexibility index (Phi) is 6.49. The van der Waals surface area contributed by atoms with Gasteiger partial charge in [0.2, 0.25) is 0 Å². The topological polar surface area (TPSA) is 62.7 Å². The number of carbonyl (C=O) groups excluding carboxylic acids is 1. The highest BCUT2D eigenvalue weighted by Crippen LogP contribution is 2.39. The molecule has 0 amide bonds. The number of esters is 1. The zero-order valence-electron chi connectivity index (χ0n) is 15.9. The first-order valence-corrected chi connectivity index (χ1v) is 9.67. The minimum atomic E-state index is -0.248. The lowest BCUT2D eigenvalue weighted by molar-refractivity contribution is -0.146. The number of rotatable bonds is 5. The van der Waals surface area contributed by atoms with Crippen molar-refractivity contribution >= 4 is 27.6 Å². The van der Waals surface area contributed by atoms with Crippen LogP contribution in [0.5, 0.6) is 0 Å². The molecule has 5 nitrogen and oxygen atoms in total. The normalized spacial score (nSPS) is 17.0. The molecule has 0 aromatic carbocycles. The van der Waals surface area contributed by atoms with Crippen molar-refractivity contribution in [3.05, 3.63) is 21.4 Å². The number of piperidine rings is 1. The number of carbonyl (C=O) groups is 1. The standard InChI is InChI=1S/C19H29BrN2O3/c1-12(2)25-16(24)10-14-13(3)21-15(11-23)17(20)18(14)22-8-6-19(4,5)7-9-22/h12,23H,6-11H2,1-5H3. The van der Waals surface area contributed by atoms with Crippen LogP contribution in [0, 0.1) is 12.3 Å². The predicted molar refractivity (Wildman–Crippen MR) is 103 cm³/mol. The molecule has 0 atom stereocenters. The summed E-state index contributed by atoms with van der Waals surface area (Å²) in [6, 6.07) is 0. The van der Waals surface area contributed by atoms with Gasteiger partial charge in [-0.3, -0.25) is 9.78 Å². The maximum absolute atomic E-state index is 12.2. The third-order valence-electron chi connectivity index (χ3n) is 4.76. The molecular formula is C19H29BrN2O3. The number of aliphatic hydroxyl groups is 1. The summed E-state index contributed by atoms with van der Waals surface area (Å²) >= 11 is 3.62. The molecule has 0 unspecified atom stereocenters. The van der Waals surface area contributed by atoms with E-state index in [0.717, 1.165) is 47.3 Å². The van der Waals surface area contributed by atoms with E-state index in [4.69, 9.17) is 4.74 Å². The van der Waals surface area contributed by atoms with E-state index < -0.39 is 0 Å². The van der Waals surface area contributed by atoms with Gasteiger partial charge in [-0.25, -0.2) is 0 Å². The van der Waals surface area contributed by atoms with Crippen molar-refractivity contribution < 1.29 is 14.6 Å². The van der Waals surface area contributed by atoms with Crippen LogP contribution in [0.15, 0.2) is 4.47 Å². The van der Waals surface area contributed by atoms with Crippen LogP contribution in [0.1, 0.15) is 57.5 Å². The van der Waals surface area contributed by atoms with Crippen molar-refractivity contribution in [3.8, 4) is 0 Å². The first-order valence-electron chi connectivity index (χ1n) is 8.87. The summed E-state index contributed by atoms with van der Waals surface area (Å²) < 4.78 is 6.12. The van der Waals surface area contributed by atoms with Crippen molar-refractivity contribution in [2.75, 3.05) is 18.0 Å². The maximum atomic E-state index is 12.2. The molecule has 25 heavy (non-hydrogen) atoms. The van der Waals surface area contributed by atoms with E-state index in [1.165, 1.54) is 0 Å². The Morgan fingerprint density at radius 1 is 1.36 bits per heavy atom. The lowest BCUT2D eigenvalue weighted by Gasteiger charge is -2.39. The van der Waals surface area contributed by atoms with Gasteiger partial charge >= 0.3 is 5.97 Å². The second-order valence-corrected chi connectivity index (χ2v) is 8.60. The Labute approximate surface area is 158 Å². The van der Waals surface area contributed by atoms with Crippen molar-refractivity contribution in [3.63, 3.8) is 0 Å². The van der Waals surface area contributed by atoms with E-state index in [1.54, 1.807) is 0 Å². The average molecular weight is 413 g/mol. The first kappa shape index (κ1) is 20.2. The summed E-state index contributed by atoms with van der Waals surface area (Å²) in [4.78, 5) is 19.0. The molecule has 1 aliphatic rings. The molecule has 0 bridgehead atoms. The highest BCUT2D eigenvalue weighted by molar-refractivity contribution is 9.10. The minimum absolute atomic E-state index is 0.134. The van der Waals surface area contributed by atoms with Crippen LogP contribution in [0.25, 0.3) is 0 Å². The summed E-state index contributed by atoms with van der Waals surface area (Å²) in [5.74, 6) is -0.248. The van der Waals surface area contributed by atoms with Crippen molar-refractivity contribution in [1.29, 1.82) is 0 Å². The molecule has 2 rings (SSSR count). The minimum Gasteiger partial charge on any atom is -0.463 e. The van der Waals surface area contributed by atoms with Crippen LogP contribution >= 0.6 is 15.9 Å². The fraction of sp³-hybridized carbons (Fsp3) is 0.684. The van der Waals surface area contributed by atoms with Gasteiger partial charge in [0.25, 0.3) is 0 Å². The number of aryl methyl sites for hydroxylation is 1. The largest absolute Gasteiger partial charge is 0.463 e. The zero-order valence-corrected chi connectivity index (χ0v) is 17.4. The van der Waals surface area contributed by atoms with Crippen LogP contribution in [0.3, 0.4) is 0 Å². The van der Waals surface area contributed by atoms with Crippen LogP contribution in [-0.4, -0.2) is 35.3 Å². The molecule has 0 spiro atoms. The van der Waals surface area contributed by atoms with Crippen LogP contribution in [-0.2, 0) is 22.6 Å². The molecule has 1 saturated heterocycles. The van der Waals surface area contributed by atoms with Gasteiger partial charge < -0.3 is 14.7 Å². The zero-order chi connectivity index (χ0) is 18.8. The number of aromatic nitrogens is 1. The van der Waals surface area contributed by atoms with Crippen molar-refractivity contribution in [2.24, 2.45) is 5.41 Å². The van der Waals surface area contributed by atoms with Gasteiger partial charge in [0.05, 0.1) is 35.0 Å². The number of nitrogens with zero attached hydrogens (tertiary/aromatic N) is 2. The first-order chi connectivity index (χ1) is 11.6. The molecule has 0 saturated carbocycles. The van der Waals surface area contributed by atoms with Gasteiger partial charge in [0.1, 0.15) is 0 Å². The molecule has 1 aliphatic heterocycles. The molecular weight excluding hydrogens is 384 g/mol. The number of anilines is 1. The molecule has 0 aliphatic carbocycles. The second kappa shape index (κ2) is 8.04. The Bertz CT molecular complexity index is 634. The number of hydrogen-bond donors (Lipinski definition) is 1. The number of halogens is 1. The summed E-state index contributed by atoms with van der Waals surface area (Å²) in [5, 5.41) is 9.64. The quantitative estimate of drug-likeness (QED) is 0.745. The molecule has 1 fully saturated rings. The summed E-state index contributed by atoms with van der Waals surface area (Å²) in [6.45, 7) is 11.9. The third-order valence-corrected chi connectivity index (χ3v) is 5.59. The van der Waals surface area contributed by atoms with Gasteiger partial charge in [0, 0.05) is 24.3 Å². The monoisotopic (exact) mass is 412 g/mol. The molecule has 2 heterocycles. The van der Waals surface area contributed by atoms with Gasteiger partial charge in [-0.1, -0.05) is 13.8 Å². The Morgan fingerprint density at radius 2 is 1.96 bits per heavy atom. The molecule has 0 radical (unpaired) electrons. The van der Waals surface area contributed by atoms with Gasteiger partial charge in [-0.05, 0) is 55.0 Å². The fourth-order valence-corrected chi connectivity index (χ4v) is 3.89. The van der Waals surface area contributed by atoms with E-state index in [0.29, 0.717) is 11.1 Å². The van der Waals surface area contributed by atoms with Crippen LogP contribution in [0.2, 0.25) is 0 Å². The molecule has 1 aromatic heterocycles. The lowest BCUT2D eigenvalue weighted by Crippen LogP contribution is -2.38. The highest BCUT2D eigenvalue weighted by Gasteiger charge is 2.29. The van der Waals surface area contributed by atoms with Gasteiger partial charge in [-0.15, -0.1) is 0 Å². The average Bonchev–Trinajstić information content (AvgIpc) is 2.51. The van der Waals surface area contributed by atoms with E-state index >= 15 is 0 Å². The third kappa shape index (κ3) is 4.94. The Balaban J connectivity index is 2.40. The number of aliphatic hydroxyl groups excluding tert-OH is 1. The molecule has 1 N–H and O–H groups in total. The maximum Gasteiger partial charge on any atom is 0.310 e. The predicted octanol–water partition coefficient (Wildman–Crippen LogP) is 3.77. The van der Waals surface area contributed by atoms with E-state index in [1.807, 2.05) is 20.8 Å². The Morgan fingerprint density at radius 3 is 2.48 bits per heavy atom. The van der Waals surface area contributed by atoms with Gasteiger partial charge in [-0.2, -0.15) is 0 Å². The summed E-state index contributed by atoms with van der Waals surface area (Å²) in [5.41, 5.74) is 3.58. The number of hydrogen-bond acceptors (Lipinski definition) is 5. The van der Waals surface area contributed by atoms with Gasteiger partial charge in [0.15, 0.2) is 0 Å². The smallest absolute Gasteiger partial charge is 0.310 e. The SMILES string of the molecule is Cc1nc(CO)c(Br)c(N2CCC(C)(C)CC2)c1CC(=O)OC(C)C.